The first-order chi connectivity index (χ1) is 14.0. The minimum Gasteiger partial charge on any atom is -0.366 e. The highest BCUT2D eigenvalue weighted by atomic mass is 19.1. The van der Waals surface area contributed by atoms with Gasteiger partial charge in [0.05, 0.1) is 11.6 Å². The van der Waals surface area contributed by atoms with Crippen LogP contribution < -0.4 is 9.80 Å². The van der Waals surface area contributed by atoms with E-state index in [4.69, 9.17) is 0 Å². The molecule has 6 heteroatoms. The minimum absolute atomic E-state index is 0.00532. The van der Waals surface area contributed by atoms with Gasteiger partial charge in [-0.15, -0.1) is 0 Å². The second-order valence-electron chi connectivity index (χ2n) is 7.91. The molecule has 2 aromatic carbocycles. The highest BCUT2D eigenvalue weighted by Crippen LogP contribution is 2.32. The SMILES string of the molecule is Cc1cccc(C)c1N1CC(C(=O)N2CCN(c3ccccc3F)CC2)CC1=O. The van der Waals surface area contributed by atoms with Crippen LogP contribution in [0.2, 0.25) is 0 Å². The average Bonchev–Trinajstić information content (AvgIpc) is 3.09. The number of carbonyl (C=O) groups excluding carboxylic acids is 2. The van der Waals surface area contributed by atoms with Crippen molar-refractivity contribution >= 4 is 23.2 Å². The number of aryl methyl sites for hydroxylation is 2. The number of benzene rings is 2. The van der Waals surface area contributed by atoms with Crippen LogP contribution in [0.3, 0.4) is 0 Å². The molecule has 0 spiro atoms. The maximum absolute atomic E-state index is 14.0. The predicted octanol–water partition coefficient (Wildman–Crippen LogP) is 3.14. The van der Waals surface area contributed by atoms with Gasteiger partial charge in [-0.05, 0) is 37.1 Å². The molecule has 1 unspecified atom stereocenters. The van der Waals surface area contributed by atoms with Crippen molar-refractivity contribution in [2.75, 3.05) is 42.5 Å². The van der Waals surface area contributed by atoms with E-state index < -0.39 is 0 Å². The number of rotatable bonds is 3. The molecule has 0 radical (unpaired) electrons. The zero-order valence-corrected chi connectivity index (χ0v) is 16.9. The predicted molar refractivity (Wildman–Crippen MR) is 112 cm³/mol. The van der Waals surface area contributed by atoms with Gasteiger partial charge in [0.2, 0.25) is 11.8 Å². The summed E-state index contributed by atoms with van der Waals surface area (Å²) in [6.45, 7) is 6.68. The highest BCUT2D eigenvalue weighted by molar-refractivity contribution is 6.01. The molecule has 152 valence electrons. The maximum atomic E-state index is 14.0. The van der Waals surface area contributed by atoms with Crippen LogP contribution in [0.25, 0.3) is 0 Å². The van der Waals surface area contributed by atoms with Gasteiger partial charge < -0.3 is 14.7 Å². The fourth-order valence-electron chi connectivity index (χ4n) is 4.45. The molecule has 1 atom stereocenters. The second kappa shape index (κ2) is 7.85. The van der Waals surface area contributed by atoms with Crippen LogP contribution in [-0.4, -0.2) is 49.4 Å². The Morgan fingerprint density at radius 2 is 1.62 bits per heavy atom. The molecule has 0 bridgehead atoms. The Labute approximate surface area is 170 Å². The van der Waals surface area contributed by atoms with Crippen molar-refractivity contribution in [2.24, 2.45) is 5.92 Å². The van der Waals surface area contributed by atoms with Gasteiger partial charge >= 0.3 is 0 Å². The first kappa shape index (κ1) is 19.4. The van der Waals surface area contributed by atoms with Crippen LogP contribution in [-0.2, 0) is 9.59 Å². The van der Waals surface area contributed by atoms with Crippen LogP contribution in [0.1, 0.15) is 17.5 Å². The third-order valence-electron chi connectivity index (χ3n) is 5.97. The number of para-hydroxylation sites is 2. The molecule has 0 N–H and O–H groups in total. The Hall–Kier alpha value is -2.89. The Morgan fingerprint density at radius 3 is 2.28 bits per heavy atom. The second-order valence-corrected chi connectivity index (χ2v) is 7.91. The molecular weight excluding hydrogens is 369 g/mol. The normalized spacial score (nSPS) is 19.8. The van der Waals surface area contributed by atoms with E-state index in [1.54, 1.807) is 17.0 Å². The lowest BCUT2D eigenvalue weighted by Gasteiger charge is -2.37. The van der Waals surface area contributed by atoms with Gasteiger partial charge in [0.15, 0.2) is 0 Å². The molecule has 2 aromatic rings. The maximum Gasteiger partial charge on any atom is 0.228 e. The largest absolute Gasteiger partial charge is 0.366 e. The van der Waals surface area contributed by atoms with E-state index in [0.29, 0.717) is 38.4 Å². The van der Waals surface area contributed by atoms with Crippen LogP contribution in [0.4, 0.5) is 15.8 Å². The molecule has 2 amide bonds. The molecule has 0 aromatic heterocycles. The van der Waals surface area contributed by atoms with Crippen molar-refractivity contribution < 1.29 is 14.0 Å². The molecule has 2 aliphatic heterocycles. The Morgan fingerprint density at radius 1 is 0.966 bits per heavy atom. The van der Waals surface area contributed by atoms with Crippen LogP contribution in [0.5, 0.6) is 0 Å². The highest BCUT2D eigenvalue weighted by Gasteiger charge is 2.38. The van der Waals surface area contributed by atoms with E-state index in [-0.39, 0.29) is 30.0 Å². The van der Waals surface area contributed by atoms with Crippen LogP contribution in [0.15, 0.2) is 42.5 Å². The van der Waals surface area contributed by atoms with E-state index in [0.717, 1.165) is 16.8 Å². The number of hydrogen-bond donors (Lipinski definition) is 0. The van der Waals surface area contributed by atoms with Crippen molar-refractivity contribution in [3.05, 3.63) is 59.4 Å². The first-order valence-corrected chi connectivity index (χ1v) is 10.1. The van der Waals surface area contributed by atoms with Gasteiger partial charge in [-0.25, -0.2) is 4.39 Å². The molecular formula is C23H26FN3O2. The molecule has 2 heterocycles. The van der Waals surface area contributed by atoms with E-state index in [1.807, 2.05) is 47.9 Å². The number of halogens is 1. The van der Waals surface area contributed by atoms with Gasteiger partial charge in [-0.2, -0.15) is 0 Å². The minimum atomic E-state index is -0.318. The van der Waals surface area contributed by atoms with Gasteiger partial charge in [0, 0.05) is 44.8 Å². The van der Waals surface area contributed by atoms with E-state index >= 15 is 0 Å². The number of piperazine rings is 1. The van der Waals surface area contributed by atoms with E-state index in [9.17, 15) is 14.0 Å². The smallest absolute Gasteiger partial charge is 0.228 e. The van der Waals surface area contributed by atoms with Crippen molar-refractivity contribution in [3.63, 3.8) is 0 Å². The number of hydrogen-bond acceptors (Lipinski definition) is 3. The Balaban J connectivity index is 1.41. The summed E-state index contributed by atoms with van der Waals surface area (Å²) >= 11 is 0. The number of amides is 2. The van der Waals surface area contributed by atoms with Crippen LogP contribution in [0, 0.1) is 25.6 Å². The molecule has 2 saturated heterocycles. The number of nitrogens with zero attached hydrogens (tertiary/aromatic N) is 3. The summed E-state index contributed by atoms with van der Waals surface area (Å²) in [5, 5.41) is 0. The third-order valence-corrected chi connectivity index (χ3v) is 5.97. The standard InChI is InChI=1S/C23H26FN3O2/c1-16-6-5-7-17(2)22(16)27-15-18(14-21(27)28)23(29)26-12-10-25(11-13-26)20-9-4-3-8-19(20)24/h3-9,18H,10-15H2,1-2H3. The monoisotopic (exact) mass is 395 g/mol. The van der Waals surface area contributed by atoms with Crippen molar-refractivity contribution in [3.8, 4) is 0 Å². The Kier molecular flexibility index (Phi) is 5.26. The number of carbonyl (C=O) groups is 2. The van der Waals surface area contributed by atoms with E-state index in [2.05, 4.69) is 0 Å². The lowest BCUT2D eigenvalue weighted by Crippen LogP contribution is -2.51. The van der Waals surface area contributed by atoms with Gasteiger partial charge in [0.25, 0.3) is 0 Å². The summed E-state index contributed by atoms with van der Waals surface area (Å²) in [4.78, 5) is 31.3. The summed E-state index contributed by atoms with van der Waals surface area (Å²) < 4.78 is 14.0. The van der Waals surface area contributed by atoms with Crippen molar-refractivity contribution in [1.82, 2.24) is 4.90 Å². The fourth-order valence-corrected chi connectivity index (χ4v) is 4.45. The molecule has 2 fully saturated rings. The average molecular weight is 395 g/mol. The zero-order valence-electron chi connectivity index (χ0n) is 16.9. The molecule has 4 rings (SSSR count). The van der Waals surface area contributed by atoms with Crippen molar-refractivity contribution in [2.45, 2.75) is 20.3 Å². The van der Waals surface area contributed by atoms with Gasteiger partial charge in [-0.1, -0.05) is 30.3 Å². The summed E-state index contributed by atoms with van der Waals surface area (Å²) in [5.41, 5.74) is 3.60. The number of anilines is 2. The lowest BCUT2D eigenvalue weighted by atomic mass is 10.1. The molecule has 29 heavy (non-hydrogen) atoms. The zero-order chi connectivity index (χ0) is 20.5. The van der Waals surface area contributed by atoms with Gasteiger partial charge in [-0.3, -0.25) is 9.59 Å². The lowest BCUT2D eigenvalue weighted by molar-refractivity contribution is -0.136. The summed E-state index contributed by atoms with van der Waals surface area (Å²) in [7, 11) is 0. The van der Waals surface area contributed by atoms with E-state index in [1.165, 1.54) is 6.07 Å². The molecule has 2 aliphatic rings. The first-order valence-electron chi connectivity index (χ1n) is 10.1. The fraction of sp³-hybridized carbons (Fsp3) is 0.391. The summed E-state index contributed by atoms with van der Waals surface area (Å²) in [6, 6.07) is 12.7. The topological polar surface area (TPSA) is 43.9 Å². The quantitative estimate of drug-likeness (QED) is 0.802. The van der Waals surface area contributed by atoms with Gasteiger partial charge in [0.1, 0.15) is 5.82 Å². The molecule has 5 nitrogen and oxygen atoms in total. The summed E-state index contributed by atoms with van der Waals surface area (Å²) in [5.74, 6) is -0.523. The third kappa shape index (κ3) is 3.71. The molecule has 0 aliphatic carbocycles. The molecule has 0 saturated carbocycles. The summed E-state index contributed by atoms with van der Waals surface area (Å²) in [6.07, 6.45) is 0.250. The Bertz CT molecular complexity index is 917. The van der Waals surface area contributed by atoms with Crippen molar-refractivity contribution in [1.29, 1.82) is 0 Å². The van der Waals surface area contributed by atoms with Crippen LogP contribution >= 0.6 is 0 Å².